The van der Waals surface area contributed by atoms with Gasteiger partial charge in [0.1, 0.15) is 5.76 Å². The van der Waals surface area contributed by atoms with Crippen LogP contribution in [0, 0.1) is 13.8 Å². The van der Waals surface area contributed by atoms with E-state index in [9.17, 15) is 9.59 Å². The van der Waals surface area contributed by atoms with Crippen molar-refractivity contribution in [1.82, 2.24) is 15.0 Å². The maximum atomic E-state index is 12.5. The normalized spacial score (nSPS) is 14.4. The van der Waals surface area contributed by atoms with Crippen LogP contribution in [0.15, 0.2) is 22.7 Å². The minimum atomic E-state index is 0.0365. The average molecular weight is 424 g/mol. The number of rotatable bonds is 5. The van der Waals surface area contributed by atoms with E-state index in [0.29, 0.717) is 54.8 Å². The molecule has 1 aliphatic heterocycles. The molecule has 2 heterocycles. The first-order chi connectivity index (χ1) is 13.3. The zero-order chi connectivity index (χ0) is 20.3. The molecule has 0 bridgehead atoms. The van der Waals surface area contributed by atoms with Gasteiger partial charge in [0, 0.05) is 48.2 Å². The van der Waals surface area contributed by atoms with Crippen molar-refractivity contribution in [3.63, 3.8) is 0 Å². The molecule has 0 N–H and O–H groups in total. The summed E-state index contributed by atoms with van der Waals surface area (Å²) in [6, 6.07) is 5.31. The van der Waals surface area contributed by atoms with E-state index in [2.05, 4.69) is 5.16 Å². The van der Waals surface area contributed by atoms with E-state index in [0.717, 1.165) is 16.8 Å². The third-order valence-electron chi connectivity index (χ3n) is 5.12. The first kappa shape index (κ1) is 20.7. The lowest BCUT2D eigenvalue weighted by Gasteiger charge is -2.35. The predicted octanol–water partition coefficient (Wildman–Crippen LogP) is 3.44. The second-order valence-electron chi connectivity index (χ2n) is 6.98. The van der Waals surface area contributed by atoms with Gasteiger partial charge in [0.15, 0.2) is 0 Å². The van der Waals surface area contributed by atoms with E-state index in [-0.39, 0.29) is 18.2 Å². The smallest absolute Gasteiger partial charge is 0.227 e. The molecule has 1 aromatic heterocycles. The minimum absolute atomic E-state index is 0.0365. The van der Waals surface area contributed by atoms with Gasteiger partial charge in [-0.3, -0.25) is 9.59 Å². The van der Waals surface area contributed by atoms with Crippen LogP contribution in [-0.2, 0) is 22.4 Å². The summed E-state index contributed by atoms with van der Waals surface area (Å²) in [5.41, 5.74) is 2.51. The SMILES string of the molecule is Cc1noc(C)c1CC(=O)N1CCN(C(=O)CCc2ccc(Cl)cc2Cl)CC1. The Balaban J connectivity index is 1.47. The fourth-order valence-electron chi connectivity index (χ4n) is 3.35. The molecule has 28 heavy (non-hydrogen) atoms. The van der Waals surface area contributed by atoms with Crippen LogP contribution >= 0.6 is 23.2 Å². The lowest BCUT2D eigenvalue weighted by molar-refractivity contribution is -0.139. The molecular formula is C20H23Cl2N3O3. The molecule has 1 saturated heterocycles. The fourth-order valence-corrected chi connectivity index (χ4v) is 3.85. The van der Waals surface area contributed by atoms with Gasteiger partial charge in [-0.25, -0.2) is 0 Å². The Morgan fingerprint density at radius 2 is 1.71 bits per heavy atom. The molecule has 2 aromatic rings. The molecule has 1 aromatic carbocycles. The van der Waals surface area contributed by atoms with Crippen LogP contribution in [0.3, 0.4) is 0 Å². The molecule has 2 amide bonds. The highest BCUT2D eigenvalue weighted by Crippen LogP contribution is 2.22. The Bertz CT molecular complexity index is 854. The van der Waals surface area contributed by atoms with Gasteiger partial charge in [0.25, 0.3) is 0 Å². The number of halogens is 2. The summed E-state index contributed by atoms with van der Waals surface area (Å²) < 4.78 is 5.12. The quantitative estimate of drug-likeness (QED) is 0.738. The number of benzene rings is 1. The maximum absolute atomic E-state index is 12.5. The molecule has 0 radical (unpaired) electrons. The second-order valence-corrected chi connectivity index (χ2v) is 7.82. The number of hydrogen-bond donors (Lipinski definition) is 0. The number of hydrogen-bond acceptors (Lipinski definition) is 4. The van der Waals surface area contributed by atoms with Gasteiger partial charge in [0.2, 0.25) is 11.8 Å². The van der Waals surface area contributed by atoms with Gasteiger partial charge in [0.05, 0.1) is 12.1 Å². The summed E-state index contributed by atoms with van der Waals surface area (Å²) in [7, 11) is 0. The number of carbonyl (C=O) groups is 2. The van der Waals surface area contributed by atoms with Gasteiger partial charge in [-0.1, -0.05) is 34.4 Å². The topological polar surface area (TPSA) is 66.7 Å². The van der Waals surface area contributed by atoms with E-state index in [1.165, 1.54) is 0 Å². The van der Waals surface area contributed by atoms with E-state index in [1.807, 2.05) is 24.8 Å². The number of aromatic nitrogens is 1. The van der Waals surface area contributed by atoms with Crippen molar-refractivity contribution in [1.29, 1.82) is 0 Å². The third-order valence-corrected chi connectivity index (χ3v) is 5.70. The first-order valence-corrected chi connectivity index (χ1v) is 10.0. The number of piperazine rings is 1. The second kappa shape index (κ2) is 8.97. The van der Waals surface area contributed by atoms with Crippen LogP contribution in [-0.4, -0.2) is 52.9 Å². The maximum Gasteiger partial charge on any atom is 0.227 e. The summed E-state index contributed by atoms with van der Waals surface area (Å²) in [6.45, 7) is 5.81. The molecule has 0 saturated carbocycles. The lowest BCUT2D eigenvalue weighted by Crippen LogP contribution is -2.51. The zero-order valence-electron chi connectivity index (χ0n) is 16.0. The molecule has 0 spiro atoms. The van der Waals surface area contributed by atoms with Crippen molar-refractivity contribution in [3.05, 3.63) is 50.8 Å². The number of carbonyl (C=O) groups excluding carboxylic acids is 2. The Morgan fingerprint density at radius 3 is 2.29 bits per heavy atom. The highest BCUT2D eigenvalue weighted by molar-refractivity contribution is 6.35. The molecule has 150 valence electrons. The van der Waals surface area contributed by atoms with E-state index < -0.39 is 0 Å². The van der Waals surface area contributed by atoms with Crippen molar-refractivity contribution < 1.29 is 14.1 Å². The molecule has 8 heteroatoms. The van der Waals surface area contributed by atoms with Crippen molar-refractivity contribution >= 4 is 35.0 Å². The Labute approximate surface area is 174 Å². The highest BCUT2D eigenvalue weighted by Gasteiger charge is 2.25. The molecule has 0 atom stereocenters. The predicted molar refractivity (Wildman–Crippen MR) is 108 cm³/mol. The summed E-state index contributed by atoms with van der Waals surface area (Å²) in [5.74, 6) is 0.791. The number of amides is 2. The number of aryl methyl sites for hydroxylation is 3. The summed E-state index contributed by atoms with van der Waals surface area (Å²) in [5, 5.41) is 5.05. The van der Waals surface area contributed by atoms with E-state index >= 15 is 0 Å². The minimum Gasteiger partial charge on any atom is -0.361 e. The molecule has 0 unspecified atom stereocenters. The van der Waals surface area contributed by atoms with Gasteiger partial charge in [-0.15, -0.1) is 0 Å². The van der Waals surface area contributed by atoms with Gasteiger partial charge in [-0.2, -0.15) is 0 Å². The first-order valence-electron chi connectivity index (χ1n) is 9.26. The molecule has 0 aliphatic carbocycles. The Hall–Kier alpha value is -2.05. The highest BCUT2D eigenvalue weighted by atomic mass is 35.5. The lowest BCUT2D eigenvalue weighted by atomic mass is 10.1. The Morgan fingerprint density at radius 1 is 1.07 bits per heavy atom. The van der Waals surface area contributed by atoms with Crippen LogP contribution in [0.4, 0.5) is 0 Å². The molecule has 1 fully saturated rings. The van der Waals surface area contributed by atoms with Crippen LogP contribution in [0.5, 0.6) is 0 Å². The molecular weight excluding hydrogens is 401 g/mol. The van der Waals surface area contributed by atoms with Crippen LogP contribution < -0.4 is 0 Å². The standard InChI is InChI=1S/C20H23Cl2N3O3/c1-13-17(14(2)28-23-13)12-20(27)25-9-7-24(8-10-25)19(26)6-4-15-3-5-16(21)11-18(15)22/h3,5,11H,4,6-10,12H2,1-2H3. The number of nitrogens with zero attached hydrogens (tertiary/aromatic N) is 3. The van der Waals surface area contributed by atoms with Gasteiger partial charge in [-0.05, 0) is 38.0 Å². The fraction of sp³-hybridized carbons (Fsp3) is 0.450. The van der Waals surface area contributed by atoms with Crippen LogP contribution in [0.1, 0.15) is 29.0 Å². The van der Waals surface area contributed by atoms with Gasteiger partial charge >= 0.3 is 0 Å². The van der Waals surface area contributed by atoms with Crippen molar-refractivity contribution in [3.8, 4) is 0 Å². The van der Waals surface area contributed by atoms with Crippen molar-refractivity contribution in [2.45, 2.75) is 33.1 Å². The summed E-state index contributed by atoms with van der Waals surface area (Å²) in [4.78, 5) is 28.7. The monoisotopic (exact) mass is 423 g/mol. The van der Waals surface area contributed by atoms with Gasteiger partial charge < -0.3 is 14.3 Å². The molecule has 1 aliphatic rings. The molecule has 6 nitrogen and oxygen atoms in total. The zero-order valence-corrected chi connectivity index (χ0v) is 17.5. The van der Waals surface area contributed by atoms with E-state index in [1.54, 1.807) is 17.0 Å². The average Bonchev–Trinajstić information content (AvgIpc) is 2.99. The largest absolute Gasteiger partial charge is 0.361 e. The van der Waals surface area contributed by atoms with Crippen molar-refractivity contribution in [2.75, 3.05) is 26.2 Å². The summed E-state index contributed by atoms with van der Waals surface area (Å²) in [6.07, 6.45) is 1.23. The Kier molecular flexibility index (Phi) is 6.62. The van der Waals surface area contributed by atoms with Crippen molar-refractivity contribution in [2.24, 2.45) is 0 Å². The third kappa shape index (κ3) is 4.86. The summed E-state index contributed by atoms with van der Waals surface area (Å²) >= 11 is 12.1. The van der Waals surface area contributed by atoms with Crippen LogP contribution in [0.25, 0.3) is 0 Å². The molecule has 3 rings (SSSR count). The van der Waals surface area contributed by atoms with E-state index in [4.69, 9.17) is 27.7 Å². The van der Waals surface area contributed by atoms with Crippen LogP contribution in [0.2, 0.25) is 10.0 Å².